The van der Waals surface area contributed by atoms with Crippen molar-refractivity contribution in [2.24, 2.45) is 0 Å². The van der Waals surface area contributed by atoms with Crippen molar-refractivity contribution in [3.8, 4) is 5.82 Å². The summed E-state index contributed by atoms with van der Waals surface area (Å²) in [5.41, 5.74) is 1.14. The SMILES string of the molecule is Cc1cc(Cl)cc(C(=O)NC2CC2)c1NC(=O)c1cc(Cn2nnc(C(F)(F)F)n2)nn1-c1ncccc1Br. The van der Waals surface area contributed by atoms with Crippen LogP contribution in [0, 0.1) is 6.92 Å². The van der Waals surface area contributed by atoms with Crippen LogP contribution >= 0.6 is 27.5 Å². The third-order valence-corrected chi connectivity index (χ3v) is 6.48. The van der Waals surface area contributed by atoms with Gasteiger partial charge in [0.15, 0.2) is 5.82 Å². The number of nitrogens with one attached hydrogen (secondary N) is 2. The second-order valence-electron chi connectivity index (χ2n) is 8.73. The molecule has 1 aliphatic rings. The van der Waals surface area contributed by atoms with E-state index in [9.17, 15) is 22.8 Å². The third kappa shape index (κ3) is 5.93. The number of pyridine rings is 1. The summed E-state index contributed by atoms with van der Waals surface area (Å²) in [4.78, 5) is 31.5. The van der Waals surface area contributed by atoms with Crippen LogP contribution in [0.2, 0.25) is 5.02 Å². The first-order valence-corrected chi connectivity index (χ1v) is 12.6. The van der Waals surface area contributed by atoms with E-state index in [0.29, 0.717) is 19.9 Å². The molecule has 202 valence electrons. The van der Waals surface area contributed by atoms with Crippen LogP contribution in [0.1, 0.15) is 50.8 Å². The van der Waals surface area contributed by atoms with Gasteiger partial charge in [-0.15, -0.1) is 10.2 Å². The molecule has 2 amide bonds. The van der Waals surface area contributed by atoms with Crippen molar-refractivity contribution >= 4 is 45.0 Å². The number of aromatic nitrogens is 7. The van der Waals surface area contributed by atoms with Crippen molar-refractivity contribution in [1.82, 2.24) is 40.3 Å². The van der Waals surface area contributed by atoms with E-state index in [1.807, 2.05) is 0 Å². The predicted octanol–water partition coefficient (Wildman–Crippen LogP) is 4.19. The molecule has 0 spiro atoms. The predicted molar refractivity (Wildman–Crippen MR) is 136 cm³/mol. The van der Waals surface area contributed by atoms with Gasteiger partial charge in [-0.05, 0) is 76.8 Å². The molecular weight excluding hydrogens is 607 g/mol. The van der Waals surface area contributed by atoms with Gasteiger partial charge in [-0.1, -0.05) is 11.6 Å². The molecule has 39 heavy (non-hydrogen) atoms. The van der Waals surface area contributed by atoms with Crippen molar-refractivity contribution in [2.45, 2.75) is 38.5 Å². The van der Waals surface area contributed by atoms with Crippen molar-refractivity contribution < 1.29 is 22.8 Å². The van der Waals surface area contributed by atoms with Crippen LogP contribution in [0.3, 0.4) is 0 Å². The Morgan fingerprint density at radius 1 is 1.18 bits per heavy atom. The zero-order valence-electron chi connectivity index (χ0n) is 20.0. The molecule has 0 unspecified atom stereocenters. The van der Waals surface area contributed by atoms with Gasteiger partial charge in [0.1, 0.15) is 12.2 Å². The molecule has 0 bridgehead atoms. The number of halogens is 5. The van der Waals surface area contributed by atoms with Gasteiger partial charge < -0.3 is 10.6 Å². The molecule has 1 fully saturated rings. The fourth-order valence-electron chi connectivity index (χ4n) is 3.69. The maximum atomic E-state index is 13.6. The minimum Gasteiger partial charge on any atom is -0.349 e. The lowest BCUT2D eigenvalue weighted by molar-refractivity contribution is -0.145. The molecule has 1 aromatic carbocycles. The molecule has 4 aromatic rings. The summed E-state index contributed by atoms with van der Waals surface area (Å²) in [7, 11) is 0. The van der Waals surface area contributed by atoms with Gasteiger partial charge in [0, 0.05) is 17.3 Å². The van der Waals surface area contributed by atoms with Crippen molar-refractivity contribution in [3.63, 3.8) is 0 Å². The summed E-state index contributed by atoms with van der Waals surface area (Å²) in [6.07, 6.45) is -1.53. The van der Waals surface area contributed by atoms with Gasteiger partial charge in [0.25, 0.3) is 17.6 Å². The number of aryl methyl sites for hydroxylation is 1. The molecule has 0 radical (unpaired) electrons. The van der Waals surface area contributed by atoms with Gasteiger partial charge >= 0.3 is 6.18 Å². The highest BCUT2D eigenvalue weighted by atomic mass is 79.9. The van der Waals surface area contributed by atoms with Crippen molar-refractivity contribution in [1.29, 1.82) is 0 Å². The number of nitrogens with zero attached hydrogens (tertiary/aromatic N) is 7. The Bertz CT molecular complexity index is 1580. The average molecular weight is 625 g/mol. The second-order valence-corrected chi connectivity index (χ2v) is 10.0. The highest BCUT2D eigenvalue weighted by molar-refractivity contribution is 9.10. The highest BCUT2D eigenvalue weighted by Gasteiger charge is 2.37. The van der Waals surface area contributed by atoms with Gasteiger partial charge in [-0.2, -0.15) is 23.1 Å². The summed E-state index contributed by atoms with van der Waals surface area (Å²) in [6, 6.07) is 7.87. The Balaban J connectivity index is 1.51. The normalized spacial score (nSPS) is 13.4. The quantitative estimate of drug-likeness (QED) is 0.315. The van der Waals surface area contributed by atoms with E-state index in [-0.39, 0.29) is 47.0 Å². The van der Waals surface area contributed by atoms with E-state index >= 15 is 0 Å². The molecule has 0 saturated heterocycles. The summed E-state index contributed by atoms with van der Waals surface area (Å²) >= 11 is 9.57. The monoisotopic (exact) mass is 623 g/mol. The Morgan fingerprint density at radius 3 is 2.62 bits per heavy atom. The largest absolute Gasteiger partial charge is 0.455 e. The van der Waals surface area contributed by atoms with Crippen molar-refractivity contribution in [2.75, 3.05) is 5.32 Å². The molecule has 3 heterocycles. The summed E-state index contributed by atoms with van der Waals surface area (Å²) in [5.74, 6) is -2.18. The van der Waals surface area contributed by atoms with Crippen LogP contribution in [-0.4, -0.2) is 52.8 Å². The molecule has 3 aromatic heterocycles. The average Bonchev–Trinajstić information content (AvgIpc) is 3.37. The Morgan fingerprint density at radius 2 is 1.95 bits per heavy atom. The number of anilines is 1. The zero-order valence-corrected chi connectivity index (χ0v) is 22.3. The number of hydrogen-bond acceptors (Lipinski definition) is 7. The van der Waals surface area contributed by atoms with E-state index < -0.39 is 17.9 Å². The number of rotatable bonds is 7. The first-order valence-electron chi connectivity index (χ1n) is 11.5. The fourth-order valence-corrected chi connectivity index (χ4v) is 4.38. The highest BCUT2D eigenvalue weighted by Crippen LogP contribution is 2.29. The Kier molecular flexibility index (Phi) is 7.11. The molecule has 2 N–H and O–H groups in total. The summed E-state index contributed by atoms with van der Waals surface area (Å²) < 4.78 is 40.4. The Hall–Kier alpha value is -3.85. The molecule has 5 rings (SSSR count). The molecule has 0 aliphatic heterocycles. The summed E-state index contributed by atoms with van der Waals surface area (Å²) in [6.45, 7) is 1.39. The molecular formula is C23H18BrClF3N9O2. The van der Waals surface area contributed by atoms with Gasteiger partial charge in [0.05, 0.1) is 21.4 Å². The molecule has 11 nitrogen and oxygen atoms in total. The molecule has 1 aliphatic carbocycles. The van der Waals surface area contributed by atoms with Crippen LogP contribution in [0.15, 0.2) is 41.0 Å². The van der Waals surface area contributed by atoms with Crippen molar-refractivity contribution in [3.05, 3.63) is 74.4 Å². The molecule has 1 saturated carbocycles. The lowest BCUT2D eigenvalue weighted by Gasteiger charge is -2.15. The minimum atomic E-state index is -4.76. The number of hydrogen-bond donors (Lipinski definition) is 2. The second kappa shape index (κ2) is 10.4. The maximum absolute atomic E-state index is 13.6. The lowest BCUT2D eigenvalue weighted by atomic mass is 10.1. The Labute approximate surface area is 231 Å². The number of carbonyl (C=O) groups excluding carboxylic acids is 2. The summed E-state index contributed by atoms with van der Waals surface area (Å²) in [5, 5.41) is 20.1. The maximum Gasteiger partial charge on any atom is 0.455 e. The van der Waals surface area contributed by atoms with E-state index in [1.54, 1.807) is 25.1 Å². The van der Waals surface area contributed by atoms with E-state index in [4.69, 9.17) is 11.6 Å². The zero-order chi connectivity index (χ0) is 27.9. The number of amides is 2. The van der Waals surface area contributed by atoms with Crippen LogP contribution in [0.25, 0.3) is 5.82 Å². The van der Waals surface area contributed by atoms with Gasteiger partial charge in [-0.25, -0.2) is 9.67 Å². The van der Waals surface area contributed by atoms with Crippen LogP contribution in [0.4, 0.5) is 18.9 Å². The number of tetrazole rings is 1. The first kappa shape index (κ1) is 26.7. The topological polar surface area (TPSA) is 133 Å². The third-order valence-electron chi connectivity index (χ3n) is 5.64. The van der Waals surface area contributed by atoms with Gasteiger partial charge in [0.2, 0.25) is 0 Å². The lowest BCUT2D eigenvalue weighted by Crippen LogP contribution is -2.27. The number of carbonyl (C=O) groups is 2. The van der Waals surface area contributed by atoms with Gasteiger partial charge in [-0.3, -0.25) is 9.59 Å². The van der Waals surface area contributed by atoms with E-state index in [1.165, 1.54) is 23.0 Å². The van der Waals surface area contributed by atoms with Crippen LogP contribution in [0.5, 0.6) is 0 Å². The standard InChI is InChI=1S/C23H18BrClF3N9O2/c1-11-7-12(25)8-15(20(38)30-13-4-5-13)18(11)31-21(39)17-9-14(10-36-34-22(32-35-36)23(26,27)28)33-37(17)19-16(24)3-2-6-29-19/h2-3,6-9,13H,4-5,10H2,1H3,(H,30,38)(H,31,39). The molecule has 0 atom stereocenters. The van der Waals surface area contributed by atoms with E-state index in [2.05, 4.69) is 52.1 Å². The van der Waals surface area contributed by atoms with E-state index in [0.717, 1.165) is 12.8 Å². The first-order chi connectivity index (χ1) is 18.5. The number of alkyl halides is 3. The fraction of sp³-hybridized carbons (Fsp3) is 0.261. The molecule has 16 heteroatoms. The smallest absolute Gasteiger partial charge is 0.349 e. The van der Waals surface area contributed by atoms with Crippen LogP contribution in [-0.2, 0) is 12.7 Å². The minimum absolute atomic E-state index is 0.0107. The van der Waals surface area contributed by atoms with Crippen LogP contribution < -0.4 is 10.6 Å². The number of benzene rings is 1.